The smallest absolute Gasteiger partial charge is 0.220 e. The average Bonchev–Trinajstić information content (AvgIpc) is 3.07. The minimum atomic E-state index is -0.657. The van der Waals surface area contributed by atoms with E-state index in [-0.39, 0.29) is 12.5 Å². The van der Waals surface area contributed by atoms with Crippen molar-refractivity contribution in [1.29, 1.82) is 0 Å². The molecule has 280 valence electrons. The molecule has 47 heavy (non-hydrogen) atoms. The standard InChI is InChI=1S/C43H85NO3/c1-3-5-7-9-11-13-15-17-19-20-21-22-23-25-27-29-31-33-35-37-39-43(47)44-41(40-45)42(46)38-36-34-32-30-28-26-24-18-16-14-12-10-8-6-4-2/h21-22,41-42,45-46H,3-20,23-40H2,1-2H3,(H,44,47)/b22-21-. The van der Waals surface area contributed by atoms with E-state index < -0.39 is 12.1 Å². The van der Waals surface area contributed by atoms with Crippen molar-refractivity contribution in [1.82, 2.24) is 5.32 Å². The van der Waals surface area contributed by atoms with Crippen molar-refractivity contribution in [2.45, 2.75) is 251 Å². The Morgan fingerprint density at radius 3 is 1.17 bits per heavy atom. The topological polar surface area (TPSA) is 69.6 Å². The fourth-order valence-electron chi connectivity index (χ4n) is 6.71. The molecule has 0 aromatic rings. The van der Waals surface area contributed by atoms with Crippen LogP contribution in [0.25, 0.3) is 0 Å². The van der Waals surface area contributed by atoms with Crippen LogP contribution < -0.4 is 5.32 Å². The van der Waals surface area contributed by atoms with Crippen LogP contribution in [0.5, 0.6) is 0 Å². The third-order valence-corrected chi connectivity index (χ3v) is 10.0. The van der Waals surface area contributed by atoms with Crippen molar-refractivity contribution in [3.63, 3.8) is 0 Å². The van der Waals surface area contributed by atoms with Gasteiger partial charge in [0.2, 0.25) is 5.91 Å². The first-order valence-corrected chi connectivity index (χ1v) is 21.4. The molecule has 1 amide bonds. The van der Waals surface area contributed by atoms with E-state index in [9.17, 15) is 15.0 Å². The van der Waals surface area contributed by atoms with Gasteiger partial charge in [-0.05, 0) is 38.5 Å². The van der Waals surface area contributed by atoms with Crippen molar-refractivity contribution in [3.8, 4) is 0 Å². The van der Waals surface area contributed by atoms with Gasteiger partial charge >= 0.3 is 0 Å². The highest BCUT2D eigenvalue weighted by Crippen LogP contribution is 2.16. The fourth-order valence-corrected chi connectivity index (χ4v) is 6.71. The van der Waals surface area contributed by atoms with Crippen LogP contribution in [0.4, 0.5) is 0 Å². The van der Waals surface area contributed by atoms with Gasteiger partial charge in [-0.25, -0.2) is 0 Å². The normalized spacial score (nSPS) is 13.0. The first kappa shape index (κ1) is 46.1. The molecule has 2 atom stereocenters. The lowest BCUT2D eigenvalue weighted by Crippen LogP contribution is -2.45. The van der Waals surface area contributed by atoms with Gasteiger partial charge in [-0.15, -0.1) is 0 Å². The molecule has 0 heterocycles. The quantitative estimate of drug-likeness (QED) is 0.0453. The molecular formula is C43H85NO3. The summed E-state index contributed by atoms with van der Waals surface area (Å²) in [7, 11) is 0. The Morgan fingerprint density at radius 2 is 0.809 bits per heavy atom. The molecule has 2 unspecified atom stereocenters. The highest BCUT2D eigenvalue weighted by molar-refractivity contribution is 5.76. The molecule has 0 aliphatic heterocycles. The molecule has 0 saturated carbocycles. The predicted molar refractivity (Wildman–Crippen MR) is 207 cm³/mol. The fraction of sp³-hybridized carbons (Fsp3) is 0.930. The summed E-state index contributed by atoms with van der Waals surface area (Å²) in [4.78, 5) is 12.4. The lowest BCUT2D eigenvalue weighted by Gasteiger charge is -2.22. The number of hydrogen-bond acceptors (Lipinski definition) is 3. The van der Waals surface area contributed by atoms with Gasteiger partial charge in [0.25, 0.3) is 0 Å². The second-order valence-corrected chi connectivity index (χ2v) is 14.8. The Kier molecular flexibility index (Phi) is 38.8. The number of unbranched alkanes of at least 4 members (excludes halogenated alkanes) is 30. The van der Waals surface area contributed by atoms with E-state index in [1.807, 2.05) is 0 Å². The van der Waals surface area contributed by atoms with Crippen LogP contribution in [-0.2, 0) is 4.79 Å². The Bertz CT molecular complexity index is 637. The second kappa shape index (κ2) is 39.6. The molecule has 4 heteroatoms. The van der Waals surface area contributed by atoms with Gasteiger partial charge in [-0.1, -0.05) is 206 Å². The third kappa shape index (κ3) is 36.2. The number of carbonyl (C=O) groups is 1. The maximum absolute atomic E-state index is 12.4. The van der Waals surface area contributed by atoms with Crippen LogP contribution >= 0.6 is 0 Å². The van der Waals surface area contributed by atoms with Crippen LogP contribution in [0.3, 0.4) is 0 Å². The Hall–Kier alpha value is -0.870. The van der Waals surface area contributed by atoms with Crippen molar-refractivity contribution in [2.75, 3.05) is 6.61 Å². The Labute approximate surface area is 295 Å². The van der Waals surface area contributed by atoms with Gasteiger partial charge < -0.3 is 15.5 Å². The van der Waals surface area contributed by atoms with Gasteiger partial charge in [-0.3, -0.25) is 4.79 Å². The number of aliphatic hydroxyl groups is 2. The number of allylic oxidation sites excluding steroid dienone is 2. The lowest BCUT2D eigenvalue weighted by molar-refractivity contribution is -0.123. The highest BCUT2D eigenvalue weighted by Gasteiger charge is 2.20. The van der Waals surface area contributed by atoms with E-state index in [0.717, 1.165) is 25.7 Å². The first-order chi connectivity index (χ1) is 23.2. The summed E-state index contributed by atoms with van der Waals surface area (Å²) in [5, 5.41) is 23.1. The van der Waals surface area contributed by atoms with Crippen molar-refractivity contribution in [2.24, 2.45) is 0 Å². The van der Waals surface area contributed by atoms with Crippen LogP contribution in [0.1, 0.15) is 239 Å². The minimum Gasteiger partial charge on any atom is -0.394 e. The van der Waals surface area contributed by atoms with Gasteiger partial charge in [0, 0.05) is 6.42 Å². The molecular weight excluding hydrogens is 578 g/mol. The summed E-state index contributed by atoms with van der Waals surface area (Å²) in [5.41, 5.74) is 0. The van der Waals surface area contributed by atoms with Crippen LogP contribution in [0, 0.1) is 0 Å². The average molecular weight is 664 g/mol. The molecule has 4 nitrogen and oxygen atoms in total. The molecule has 0 spiro atoms. The minimum absolute atomic E-state index is 0.0335. The second-order valence-electron chi connectivity index (χ2n) is 14.8. The molecule has 3 N–H and O–H groups in total. The molecule has 0 aromatic carbocycles. The Morgan fingerprint density at radius 1 is 0.489 bits per heavy atom. The molecule has 0 aliphatic carbocycles. The Balaban J connectivity index is 3.51. The predicted octanol–water partition coefficient (Wildman–Crippen LogP) is 13.1. The highest BCUT2D eigenvalue weighted by atomic mass is 16.3. The SMILES string of the molecule is CCCCCCCCCCC/C=C\CCCCCCCCCC(=O)NC(CO)C(O)CCCCCCCCCCCCCCCCC. The monoisotopic (exact) mass is 664 g/mol. The zero-order chi connectivity index (χ0) is 34.3. The molecule has 0 aromatic heterocycles. The van der Waals surface area contributed by atoms with E-state index in [2.05, 4.69) is 31.3 Å². The van der Waals surface area contributed by atoms with E-state index in [1.54, 1.807) is 0 Å². The van der Waals surface area contributed by atoms with Crippen LogP contribution in [0.2, 0.25) is 0 Å². The number of hydrogen-bond donors (Lipinski definition) is 3. The third-order valence-electron chi connectivity index (χ3n) is 10.0. The molecule has 0 rings (SSSR count). The zero-order valence-electron chi connectivity index (χ0n) is 32.1. The van der Waals surface area contributed by atoms with Gasteiger partial charge in [-0.2, -0.15) is 0 Å². The first-order valence-electron chi connectivity index (χ1n) is 21.4. The summed E-state index contributed by atoms with van der Waals surface area (Å²) >= 11 is 0. The number of aliphatic hydroxyl groups excluding tert-OH is 2. The summed E-state index contributed by atoms with van der Waals surface area (Å²) < 4.78 is 0. The number of nitrogens with one attached hydrogen (secondary N) is 1. The van der Waals surface area contributed by atoms with Crippen LogP contribution in [0.15, 0.2) is 12.2 Å². The van der Waals surface area contributed by atoms with Gasteiger partial charge in [0.05, 0.1) is 18.8 Å². The van der Waals surface area contributed by atoms with E-state index in [1.165, 1.54) is 186 Å². The lowest BCUT2D eigenvalue weighted by atomic mass is 10.0. The van der Waals surface area contributed by atoms with Gasteiger partial charge in [0.1, 0.15) is 0 Å². The largest absolute Gasteiger partial charge is 0.394 e. The van der Waals surface area contributed by atoms with Crippen molar-refractivity contribution >= 4 is 5.91 Å². The summed E-state index contributed by atoms with van der Waals surface area (Å²) in [6.45, 7) is 4.37. The maximum atomic E-state index is 12.4. The number of amides is 1. The summed E-state index contributed by atoms with van der Waals surface area (Å²) in [5.74, 6) is -0.0335. The molecule has 0 fully saturated rings. The van der Waals surface area contributed by atoms with Crippen molar-refractivity contribution in [3.05, 3.63) is 12.2 Å². The van der Waals surface area contributed by atoms with E-state index >= 15 is 0 Å². The van der Waals surface area contributed by atoms with Crippen LogP contribution in [-0.4, -0.2) is 34.9 Å². The molecule has 0 radical (unpaired) electrons. The van der Waals surface area contributed by atoms with Gasteiger partial charge in [0.15, 0.2) is 0 Å². The van der Waals surface area contributed by atoms with E-state index in [4.69, 9.17) is 0 Å². The maximum Gasteiger partial charge on any atom is 0.220 e. The number of carbonyl (C=O) groups excluding carboxylic acids is 1. The van der Waals surface area contributed by atoms with E-state index in [0.29, 0.717) is 12.8 Å². The summed E-state index contributed by atoms with van der Waals surface area (Å²) in [6.07, 6.45) is 48.5. The molecule has 0 bridgehead atoms. The number of rotatable bonds is 39. The molecule has 0 aliphatic rings. The molecule has 0 saturated heterocycles. The van der Waals surface area contributed by atoms with Crippen molar-refractivity contribution < 1.29 is 15.0 Å². The zero-order valence-corrected chi connectivity index (χ0v) is 32.1. The summed E-state index contributed by atoms with van der Waals surface area (Å²) in [6, 6.07) is -0.534.